The van der Waals surface area contributed by atoms with Crippen molar-refractivity contribution in [3.63, 3.8) is 0 Å². The molecule has 1 unspecified atom stereocenters. The lowest BCUT2D eigenvalue weighted by Gasteiger charge is -2.15. The monoisotopic (exact) mass is 287 g/mol. The molecule has 0 aliphatic rings. The molecule has 6 heteroatoms. The summed E-state index contributed by atoms with van der Waals surface area (Å²) in [6.45, 7) is 2.70. The molecule has 0 saturated carbocycles. The zero-order valence-electron chi connectivity index (χ0n) is 11.3. The van der Waals surface area contributed by atoms with Crippen molar-refractivity contribution in [2.24, 2.45) is 5.73 Å². The van der Waals surface area contributed by atoms with Crippen molar-refractivity contribution >= 4 is 9.84 Å². The van der Waals surface area contributed by atoms with Gasteiger partial charge in [0.2, 0.25) is 0 Å². The van der Waals surface area contributed by atoms with Crippen LogP contribution in [0.4, 0.5) is 0 Å². The molecule has 0 spiro atoms. The predicted molar refractivity (Wildman–Crippen MR) is 74.1 cm³/mol. The second-order valence-electron chi connectivity index (χ2n) is 4.07. The average molecular weight is 287 g/mol. The van der Waals surface area contributed by atoms with Crippen LogP contribution in [0.15, 0.2) is 29.2 Å². The number of nitrogens with two attached hydrogens (primary N) is 1. The number of methoxy groups -OCH3 is 1. The van der Waals surface area contributed by atoms with Gasteiger partial charge >= 0.3 is 0 Å². The highest BCUT2D eigenvalue weighted by atomic mass is 32.2. The minimum absolute atomic E-state index is 0.00472. The van der Waals surface area contributed by atoms with Gasteiger partial charge in [0, 0.05) is 13.2 Å². The van der Waals surface area contributed by atoms with Crippen LogP contribution in [-0.2, 0) is 14.6 Å². The maximum Gasteiger partial charge on any atom is 0.182 e. The van der Waals surface area contributed by atoms with Gasteiger partial charge in [0.25, 0.3) is 0 Å². The van der Waals surface area contributed by atoms with Gasteiger partial charge in [0.15, 0.2) is 9.84 Å². The molecule has 0 aromatic heterocycles. The smallest absolute Gasteiger partial charge is 0.182 e. The summed E-state index contributed by atoms with van der Waals surface area (Å²) in [4.78, 5) is 0.213. The zero-order chi connectivity index (χ0) is 14.3. The maximum absolute atomic E-state index is 12.3. The molecule has 0 amide bonds. The third kappa shape index (κ3) is 4.49. The van der Waals surface area contributed by atoms with Gasteiger partial charge in [-0.05, 0) is 25.5 Å². The first kappa shape index (κ1) is 15.9. The second-order valence-corrected chi connectivity index (χ2v) is 6.15. The molecule has 0 heterocycles. The summed E-state index contributed by atoms with van der Waals surface area (Å²) in [7, 11) is -1.93. The van der Waals surface area contributed by atoms with E-state index in [0.29, 0.717) is 25.3 Å². The first-order valence-corrected chi connectivity index (χ1v) is 7.87. The fourth-order valence-electron chi connectivity index (χ4n) is 1.78. The zero-order valence-corrected chi connectivity index (χ0v) is 12.2. The number of rotatable bonds is 8. The summed E-state index contributed by atoms with van der Waals surface area (Å²) in [6.07, 6.45) is 0.152. The Hall–Kier alpha value is -1.11. The summed E-state index contributed by atoms with van der Waals surface area (Å²) < 4.78 is 35.0. The molecule has 5 nitrogen and oxygen atoms in total. The molecule has 0 aliphatic carbocycles. The summed E-state index contributed by atoms with van der Waals surface area (Å²) in [5.41, 5.74) is 5.54. The van der Waals surface area contributed by atoms with Crippen LogP contribution < -0.4 is 10.5 Å². The quantitative estimate of drug-likeness (QED) is 0.778. The molecule has 0 bridgehead atoms. The summed E-state index contributed by atoms with van der Waals surface area (Å²) in [5, 5.41) is 0. The van der Waals surface area contributed by atoms with Crippen LogP contribution in [0.1, 0.15) is 13.3 Å². The van der Waals surface area contributed by atoms with Crippen LogP contribution in [0.25, 0.3) is 0 Å². The fraction of sp³-hybridized carbons (Fsp3) is 0.538. The molecule has 19 heavy (non-hydrogen) atoms. The Morgan fingerprint density at radius 3 is 2.58 bits per heavy atom. The Labute approximate surface area is 114 Å². The Balaban J connectivity index is 2.81. The van der Waals surface area contributed by atoms with E-state index in [0.717, 1.165) is 0 Å². The molecule has 0 saturated heterocycles. The lowest BCUT2D eigenvalue weighted by atomic mass is 10.3. The van der Waals surface area contributed by atoms with Gasteiger partial charge in [-0.2, -0.15) is 0 Å². The number of sulfone groups is 1. The van der Waals surface area contributed by atoms with Crippen molar-refractivity contribution in [2.45, 2.75) is 24.3 Å². The van der Waals surface area contributed by atoms with Crippen molar-refractivity contribution in [3.05, 3.63) is 24.3 Å². The van der Waals surface area contributed by atoms with Gasteiger partial charge in [-0.1, -0.05) is 12.1 Å². The number of ether oxygens (including phenoxy) is 2. The van der Waals surface area contributed by atoms with Crippen LogP contribution in [0, 0.1) is 0 Å². The first-order chi connectivity index (χ1) is 9.05. The average Bonchev–Trinajstić information content (AvgIpc) is 2.43. The third-order valence-corrected chi connectivity index (χ3v) is 4.56. The van der Waals surface area contributed by atoms with E-state index in [-0.39, 0.29) is 16.8 Å². The number of hydrogen-bond donors (Lipinski definition) is 1. The minimum Gasteiger partial charge on any atom is -0.495 e. The predicted octanol–water partition coefficient (Wildman–Crippen LogP) is 1.22. The molecule has 0 radical (unpaired) electrons. The van der Waals surface area contributed by atoms with Crippen molar-refractivity contribution in [3.8, 4) is 5.75 Å². The van der Waals surface area contributed by atoms with E-state index in [9.17, 15) is 8.42 Å². The van der Waals surface area contributed by atoms with Gasteiger partial charge in [0.1, 0.15) is 10.6 Å². The molecule has 1 aromatic rings. The minimum atomic E-state index is -3.39. The van der Waals surface area contributed by atoms with E-state index < -0.39 is 9.84 Å². The Morgan fingerprint density at radius 2 is 2.00 bits per heavy atom. The van der Waals surface area contributed by atoms with Gasteiger partial charge in [0.05, 0.1) is 19.0 Å². The van der Waals surface area contributed by atoms with Crippen molar-refractivity contribution < 1.29 is 17.9 Å². The van der Waals surface area contributed by atoms with Gasteiger partial charge < -0.3 is 15.2 Å². The first-order valence-electron chi connectivity index (χ1n) is 6.22. The maximum atomic E-state index is 12.3. The molecule has 1 rings (SSSR count). The third-order valence-electron chi connectivity index (χ3n) is 2.78. The number of hydrogen-bond acceptors (Lipinski definition) is 5. The Morgan fingerprint density at radius 1 is 1.32 bits per heavy atom. The van der Waals surface area contributed by atoms with Crippen molar-refractivity contribution in [1.29, 1.82) is 0 Å². The fourth-order valence-corrected chi connectivity index (χ4v) is 3.31. The molecule has 0 aliphatic heterocycles. The van der Waals surface area contributed by atoms with E-state index in [2.05, 4.69) is 0 Å². The SMILES string of the molecule is CCOC(CN)CCS(=O)(=O)c1ccccc1OC. The standard InChI is InChI=1S/C13H21NO4S/c1-3-18-11(10-14)8-9-19(15,16)13-7-5-4-6-12(13)17-2/h4-7,11H,3,8-10,14H2,1-2H3. The van der Waals surface area contributed by atoms with E-state index in [1.807, 2.05) is 6.92 Å². The molecule has 1 aromatic carbocycles. The topological polar surface area (TPSA) is 78.6 Å². The van der Waals surface area contributed by atoms with Crippen molar-refractivity contribution in [2.75, 3.05) is 26.0 Å². The van der Waals surface area contributed by atoms with E-state index >= 15 is 0 Å². The molecule has 2 N–H and O–H groups in total. The second kappa shape index (κ2) is 7.47. The van der Waals surface area contributed by atoms with Crippen LogP contribution >= 0.6 is 0 Å². The highest BCUT2D eigenvalue weighted by Gasteiger charge is 2.20. The molecular formula is C13H21NO4S. The Kier molecular flexibility index (Phi) is 6.27. The van der Waals surface area contributed by atoms with Gasteiger partial charge in [-0.25, -0.2) is 8.42 Å². The number of para-hydroxylation sites is 1. The van der Waals surface area contributed by atoms with Crippen LogP contribution in [-0.4, -0.2) is 40.5 Å². The summed E-state index contributed by atoms with van der Waals surface area (Å²) in [6, 6.07) is 6.60. The lowest BCUT2D eigenvalue weighted by molar-refractivity contribution is 0.0671. The van der Waals surface area contributed by atoms with Gasteiger partial charge in [-0.3, -0.25) is 0 Å². The molecule has 1 atom stereocenters. The highest BCUT2D eigenvalue weighted by molar-refractivity contribution is 7.91. The molecule has 108 valence electrons. The normalized spacial score (nSPS) is 13.2. The van der Waals surface area contributed by atoms with Crippen molar-refractivity contribution in [1.82, 2.24) is 0 Å². The largest absolute Gasteiger partial charge is 0.495 e. The van der Waals surface area contributed by atoms with Crippen LogP contribution in [0.2, 0.25) is 0 Å². The van der Waals surface area contributed by atoms with Gasteiger partial charge in [-0.15, -0.1) is 0 Å². The van der Waals surface area contributed by atoms with Crippen LogP contribution in [0.3, 0.4) is 0 Å². The molecular weight excluding hydrogens is 266 g/mol. The Bertz CT molecular complexity index is 487. The molecule has 0 fully saturated rings. The highest BCUT2D eigenvalue weighted by Crippen LogP contribution is 2.24. The number of benzene rings is 1. The van der Waals surface area contributed by atoms with E-state index in [4.69, 9.17) is 15.2 Å². The van der Waals surface area contributed by atoms with E-state index in [1.54, 1.807) is 24.3 Å². The lowest BCUT2D eigenvalue weighted by Crippen LogP contribution is -2.26. The summed E-state index contributed by atoms with van der Waals surface area (Å²) >= 11 is 0. The van der Waals surface area contributed by atoms with Crippen LogP contribution in [0.5, 0.6) is 5.75 Å². The summed E-state index contributed by atoms with van der Waals surface area (Å²) in [5.74, 6) is 0.359. The van der Waals surface area contributed by atoms with E-state index in [1.165, 1.54) is 7.11 Å².